The van der Waals surface area contributed by atoms with Crippen LogP contribution in [0, 0.1) is 5.92 Å². The van der Waals surface area contributed by atoms with Gasteiger partial charge in [-0.3, -0.25) is 18.6 Å². The number of hydrogen-bond acceptors (Lipinski definition) is 10. The molecule has 0 rings (SSSR count). The van der Waals surface area contributed by atoms with Crippen LogP contribution in [0.3, 0.4) is 0 Å². The Morgan fingerprint density at radius 2 is 1.14 bits per heavy atom. The molecule has 0 aromatic rings. The lowest BCUT2D eigenvalue weighted by molar-refractivity contribution is -0.161. The number of rotatable bonds is 39. The van der Waals surface area contributed by atoms with Crippen LogP contribution in [0.2, 0.25) is 0 Å². The van der Waals surface area contributed by atoms with Crippen LogP contribution in [0.15, 0.2) is 60.8 Å². The van der Waals surface area contributed by atoms with Crippen molar-refractivity contribution in [2.24, 2.45) is 5.92 Å². The van der Waals surface area contributed by atoms with Crippen molar-refractivity contribution >= 4 is 19.8 Å². The number of hydrogen-bond donors (Lipinski definition) is 4. The topological polar surface area (TPSA) is 169 Å². The zero-order chi connectivity index (χ0) is 42.2. The third kappa shape index (κ3) is 40.2. The van der Waals surface area contributed by atoms with Crippen molar-refractivity contribution in [3.63, 3.8) is 0 Å². The SMILES string of the molecule is CC[C@H](O)/C=C/C=C\C/C=C\C/C=C\C/C=C\CCCC(=O)OC[C@H](COP(=O)(O)OC[C@@H](O)CO)OC(=O)CCCCCCCCCCCCCCCC(C)C. The summed E-state index contributed by atoms with van der Waals surface area (Å²) in [4.78, 5) is 35.0. The Hall–Kier alpha value is -2.37. The molecular formula is C45H79O11P. The molecule has 0 aromatic heterocycles. The Morgan fingerprint density at radius 1 is 0.632 bits per heavy atom. The van der Waals surface area contributed by atoms with Crippen LogP contribution in [0.25, 0.3) is 0 Å². The smallest absolute Gasteiger partial charge is 0.462 e. The van der Waals surface area contributed by atoms with Crippen LogP contribution >= 0.6 is 7.82 Å². The Bertz CT molecular complexity index is 1160. The van der Waals surface area contributed by atoms with Crippen LogP contribution in [0.1, 0.15) is 162 Å². The standard InChI is InChI=1S/C45H79O11P/c1-4-41(47)33-29-25-21-17-13-9-5-6-10-14-18-22-26-30-34-44(49)53-38-43(39-55-57(51,52)54-37-42(48)36-46)56-45(50)35-31-27-23-19-15-11-7-8-12-16-20-24-28-32-40(2)3/h6,9-10,13,18,21-22,25,29,33,40-43,46-48H,4-5,7-8,11-12,14-17,19-20,23-24,26-28,30-32,34-39H2,1-3H3,(H,51,52)/b10-6-,13-9-,22-18-,25-21-,33-29+/t41-,42-,43+/m0/s1. The molecule has 57 heavy (non-hydrogen) atoms. The van der Waals surface area contributed by atoms with Crippen LogP contribution in [-0.2, 0) is 32.7 Å². The molecule has 1 unspecified atom stereocenters. The number of aliphatic hydroxyl groups excluding tert-OH is 3. The van der Waals surface area contributed by atoms with E-state index in [1.165, 1.54) is 64.2 Å². The predicted octanol–water partition coefficient (Wildman–Crippen LogP) is 10.3. The van der Waals surface area contributed by atoms with Crippen LogP contribution < -0.4 is 0 Å². The molecule has 4 atom stereocenters. The fourth-order valence-electron chi connectivity index (χ4n) is 5.52. The summed E-state index contributed by atoms with van der Waals surface area (Å²) in [6, 6.07) is 0. The first-order chi connectivity index (χ1) is 27.5. The van der Waals surface area contributed by atoms with E-state index in [0.717, 1.165) is 44.4 Å². The second-order valence-corrected chi connectivity index (χ2v) is 16.5. The summed E-state index contributed by atoms with van der Waals surface area (Å²) in [5.74, 6) is -0.206. The molecule has 0 spiro atoms. The number of aliphatic hydroxyl groups is 3. The van der Waals surface area contributed by atoms with E-state index in [0.29, 0.717) is 25.7 Å². The second kappa shape index (κ2) is 39.1. The van der Waals surface area contributed by atoms with Gasteiger partial charge in [-0.15, -0.1) is 0 Å². The van der Waals surface area contributed by atoms with Crippen molar-refractivity contribution in [2.75, 3.05) is 26.4 Å². The van der Waals surface area contributed by atoms with E-state index >= 15 is 0 Å². The van der Waals surface area contributed by atoms with Gasteiger partial charge in [0.05, 0.1) is 25.9 Å². The Labute approximate surface area is 345 Å². The summed E-state index contributed by atoms with van der Waals surface area (Å²) >= 11 is 0. The highest BCUT2D eigenvalue weighted by Crippen LogP contribution is 2.43. The van der Waals surface area contributed by atoms with E-state index in [-0.39, 0.29) is 25.6 Å². The summed E-state index contributed by atoms with van der Waals surface area (Å²) < 4.78 is 32.6. The highest BCUT2D eigenvalue weighted by Gasteiger charge is 2.27. The average molecular weight is 827 g/mol. The molecule has 0 aromatic carbocycles. The van der Waals surface area contributed by atoms with Gasteiger partial charge in [0.2, 0.25) is 0 Å². The lowest BCUT2D eigenvalue weighted by atomic mass is 10.0. The number of allylic oxidation sites excluding steroid dienone is 9. The number of ether oxygens (including phenoxy) is 2. The van der Waals surface area contributed by atoms with Crippen molar-refractivity contribution in [1.29, 1.82) is 0 Å². The Morgan fingerprint density at radius 3 is 1.70 bits per heavy atom. The van der Waals surface area contributed by atoms with E-state index in [2.05, 4.69) is 42.7 Å². The molecule has 12 heteroatoms. The maximum absolute atomic E-state index is 12.6. The number of carbonyl (C=O) groups excluding carboxylic acids is 2. The van der Waals surface area contributed by atoms with Crippen molar-refractivity contribution < 1.29 is 52.9 Å². The van der Waals surface area contributed by atoms with Gasteiger partial charge in [-0.2, -0.15) is 0 Å². The lowest BCUT2D eigenvalue weighted by Gasteiger charge is -2.20. The number of esters is 2. The van der Waals surface area contributed by atoms with Crippen molar-refractivity contribution in [1.82, 2.24) is 0 Å². The highest BCUT2D eigenvalue weighted by molar-refractivity contribution is 7.47. The minimum atomic E-state index is -4.64. The predicted molar refractivity (Wildman–Crippen MR) is 229 cm³/mol. The third-order valence-corrected chi connectivity index (χ3v) is 9.97. The maximum Gasteiger partial charge on any atom is 0.472 e. The molecule has 4 N–H and O–H groups in total. The number of phosphoric acid groups is 1. The van der Waals surface area contributed by atoms with Gasteiger partial charge >= 0.3 is 19.8 Å². The molecule has 0 amide bonds. The molecule has 0 aliphatic rings. The summed E-state index contributed by atoms with van der Waals surface area (Å²) in [6.45, 7) is 4.30. The molecule has 0 aliphatic carbocycles. The van der Waals surface area contributed by atoms with Gasteiger partial charge in [-0.1, -0.05) is 165 Å². The maximum atomic E-state index is 12.6. The quantitative estimate of drug-likeness (QED) is 0.0153. The van der Waals surface area contributed by atoms with Gasteiger partial charge in [0.15, 0.2) is 6.10 Å². The fraction of sp³-hybridized carbons (Fsp3) is 0.733. The second-order valence-electron chi connectivity index (χ2n) is 15.0. The zero-order valence-corrected chi connectivity index (χ0v) is 36.5. The Balaban J connectivity index is 4.40. The van der Waals surface area contributed by atoms with E-state index < -0.39 is 51.8 Å². The first-order valence-electron chi connectivity index (χ1n) is 21.7. The summed E-state index contributed by atoms with van der Waals surface area (Å²) in [6.07, 6.45) is 38.6. The molecule has 0 heterocycles. The van der Waals surface area contributed by atoms with Gasteiger partial charge in [0.25, 0.3) is 0 Å². The third-order valence-electron chi connectivity index (χ3n) is 9.02. The molecule has 11 nitrogen and oxygen atoms in total. The normalized spacial score (nSPS) is 15.1. The van der Waals surface area contributed by atoms with Gasteiger partial charge in [0.1, 0.15) is 12.7 Å². The van der Waals surface area contributed by atoms with E-state index in [1.807, 2.05) is 37.3 Å². The summed E-state index contributed by atoms with van der Waals surface area (Å²) in [7, 11) is -4.64. The molecule has 0 saturated carbocycles. The molecule has 0 saturated heterocycles. The molecular weight excluding hydrogens is 747 g/mol. The zero-order valence-electron chi connectivity index (χ0n) is 35.6. The average Bonchev–Trinajstić information content (AvgIpc) is 3.18. The summed E-state index contributed by atoms with van der Waals surface area (Å²) in [5, 5.41) is 27.8. The minimum absolute atomic E-state index is 0.148. The van der Waals surface area contributed by atoms with Crippen LogP contribution in [0.5, 0.6) is 0 Å². The number of carbonyl (C=O) groups is 2. The van der Waals surface area contributed by atoms with Crippen molar-refractivity contribution in [3.05, 3.63) is 60.8 Å². The molecule has 0 bridgehead atoms. The molecule has 0 aliphatic heterocycles. The van der Waals surface area contributed by atoms with Crippen molar-refractivity contribution in [2.45, 2.75) is 180 Å². The number of phosphoric ester groups is 1. The van der Waals surface area contributed by atoms with Crippen molar-refractivity contribution in [3.8, 4) is 0 Å². The van der Waals surface area contributed by atoms with Gasteiger partial charge in [0, 0.05) is 12.8 Å². The van der Waals surface area contributed by atoms with E-state index in [4.69, 9.17) is 19.1 Å². The fourth-order valence-corrected chi connectivity index (χ4v) is 6.31. The first kappa shape index (κ1) is 54.6. The molecule has 330 valence electrons. The Kier molecular flexibility index (Phi) is 37.5. The lowest BCUT2D eigenvalue weighted by Crippen LogP contribution is -2.29. The van der Waals surface area contributed by atoms with E-state index in [1.54, 1.807) is 6.08 Å². The van der Waals surface area contributed by atoms with E-state index in [9.17, 15) is 29.3 Å². The van der Waals surface area contributed by atoms with Gasteiger partial charge in [-0.25, -0.2) is 4.57 Å². The monoisotopic (exact) mass is 827 g/mol. The highest BCUT2D eigenvalue weighted by atomic mass is 31.2. The minimum Gasteiger partial charge on any atom is -0.462 e. The molecule has 0 fully saturated rings. The molecule has 0 radical (unpaired) electrons. The van der Waals surface area contributed by atoms with Gasteiger partial charge < -0.3 is 29.7 Å². The number of unbranched alkanes of at least 4 members (excludes halogenated alkanes) is 13. The van der Waals surface area contributed by atoms with Gasteiger partial charge in [-0.05, 0) is 50.9 Å². The van der Waals surface area contributed by atoms with Crippen LogP contribution in [-0.4, -0.2) is 76.9 Å². The largest absolute Gasteiger partial charge is 0.472 e. The van der Waals surface area contributed by atoms with Crippen LogP contribution in [0.4, 0.5) is 0 Å². The summed E-state index contributed by atoms with van der Waals surface area (Å²) in [5.41, 5.74) is 0. The first-order valence-corrected chi connectivity index (χ1v) is 23.2.